The van der Waals surface area contributed by atoms with Crippen molar-refractivity contribution < 1.29 is 0 Å². The average molecular weight is 292 g/mol. The van der Waals surface area contributed by atoms with E-state index in [4.69, 9.17) is 12.2 Å². The number of rotatable bonds is 7. The highest BCUT2D eigenvalue weighted by molar-refractivity contribution is 7.80. The van der Waals surface area contributed by atoms with E-state index in [1.165, 1.54) is 5.56 Å². The summed E-state index contributed by atoms with van der Waals surface area (Å²) >= 11 is 5.54. The van der Waals surface area contributed by atoms with Crippen LogP contribution >= 0.6 is 12.2 Å². The molecule has 0 amide bonds. The molecule has 0 aromatic heterocycles. The van der Waals surface area contributed by atoms with Gasteiger partial charge in [-0.05, 0) is 36.0 Å². The van der Waals surface area contributed by atoms with Crippen LogP contribution in [0.1, 0.15) is 33.3 Å². The van der Waals surface area contributed by atoms with E-state index in [0.29, 0.717) is 11.8 Å². The highest BCUT2D eigenvalue weighted by Crippen LogP contribution is 2.05. The quantitative estimate of drug-likeness (QED) is 0.771. The molecule has 0 saturated heterocycles. The minimum atomic E-state index is 0.627. The molecule has 0 radical (unpaired) electrons. The number of hydrogen-bond acceptors (Lipinski definition) is 1. The van der Waals surface area contributed by atoms with Crippen molar-refractivity contribution in [3.63, 3.8) is 0 Å². The third-order valence-electron chi connectivity index (χ3n) is 2.99. The molecule has 2 nitrogen and oxygen atoms in total. The van der Waals surface area contributed by atoms with E-state index in [-0.39, 0.29) is 0 Å². The van der Waals surface area contributed by atoms with Crippen molar-refractivity contribution in [1.29, 1.82) is 0 Å². The molecule has 0 bridgehead atoms. The lowest BCUT2D eigenvalue weighted by atomic mass is 10.1. The number of nitrogens with one attached hydrogen (secondary N) is 1. The van der Waals surface area contributed by atoms with Crippen LogP contribution in [0.2, 0.25) is 0 Å². The molecule has 3 heteroatoms. The molecule has 0 saturated carbocycles. The van der Waals surface area contributed by atoms with Crippen LogP contribution in [0.15, 0.2) is 30.3 Å². The largest absolute Gasteiger partial charge is 0.362 e. The van der Waals surface area contributed by atoms with E-state index in [9.17, 15) is 0 Å². The van der Waals surface area contributed by atoms with Crippen LogP contribution in [0.5, 0.6) is 0 Å². The second-order valence-corrected chi connectivity index (χ2v) is 6.55. The van der Waals surface area contributed by atoms with E-state index < -0.39 is 0 Å². The first-order valence-electron chi connectivity index (χ1n) is 7.55. The van der Waals surface area contributed by atoms with Crippen LogP contribution in [0.4, 0.5) is 0 Å². The predicted molar refractivity (Wildman–Crippen MR) is 92.0 cm³/mol. The summed E-state index contributed by atoms with van der Waals surface area (Å²) in [5.74, 6) is 1.25. The van der Waals surface area contributed by atoms with E-state index in [1.54, 1.807) is 0 Å². The summed E-state index contributed by atoms with van der Waals surface area (Å²) in [6.07, 6.45) is 1.01. The van der Waals surface area contributed by atoms with Gasteiger partial charge in [-0.3, -0.25) is 0 Å². The summed E-state index contributed by atoms with van der Waals surface area (Å²) in [6, 6.07) is 10.5. The Balaban J connectivity index is 2.41. The van der Waals surface area contributed by atoms with Crippen molar-refractivity contribution in [3.8, 4) is 0 Å². The van der Waals surface area contributed by atoms with Crippen LogP contribution in [0.25, 0.3) is 0 Å². The van der Waals surface area contributed by atoms with Crippen LogP contribution < -0.4 is 5.32 Å². The number of nitrogens with zero attached hydrogens (tertiary/aromatic N) is 1. The molecule has 1 N–H and O–H groups in total. The fourth-order valence-corrected chi connectivity index (χ4v) is 2.44. The van der Waals surface area contributed by atoms with E-state index in [0.717, 1.165) is 31.2 Å². The molecule has 112 valence electrons. The minimum absolute atomic E-state index is 0.627. The molecular weight excluding hydrogens is 264 g/mol. The van der Waals surface area contributed by atoms with Gasteiger partial charge < -0.3 is 10.2 Å². The number of thiocarbonyl (C=S) groups is 1. The Kier molecular flexibility index (Phi) is 7.60. The molecular formula is C17H28N2S. The zero-order valence-electron chi connectivity index (χ0n) is 13.2. The van der Waals surface area contributed by atoms with Crippen LogP contribution in [-0.4, -0.2) is 29.6 Å². The minimum Gasteiger partial charge on any atom is -0.362 e. The molecule has 0 spiro atoms. The SMILES string of the molecule is CC(C)CN(CC(C)C)C(=S)NCCc1ccccc1. The third-order valence-corrected chi connectivity index (χ3v) is 3.39. The normalized spacial score (nSPS) is 10.9. The standard InChI is InChI=1S/C17H28N2S/c1-14(2)12-19(13-15(3)4)17(20)18-11-10-16-8-6-5-7-9-16/h5-9,14-15H,10-13H2,1-4H3,(H,18,20). The lowest BCUT2D eigenvalue weighted by Gasteiger charge is -2.29. The zero-order chi connectivity index (χ0) is 15.0. The maximum atomic E-state index is 5.54. The van der Waals surface area contributed by atoms with Crippen LogP contribution in [-0.2, 0) is 6.42 Å². The molecule has 0 aliphatic heterocycles. The molecule has 1 aromatic rings. The van der Waals surface area contributed by atoms with Gasteiger partial charge in [0.1, 0.15) is 0 Å². The number of hydrogen-bond donors (Lipinski definition) is 1. The van der Waals surface area contributed by atoms with Crippen molar-refractivity contribution in [3.05, 3.63) is 35.9 Å². The highest BCUT2D eigenvalue weighted by atomic mass is 32.1. The topological polar surface area (TPSA) is 15.3 Å². The Labute approximate surface area is 129 Å². The fraction of sp³-hybridized carbons (Fsp3) is 0.588. The maximum absolute atomic E-state index is 5.54. The highest BCUT2D eigenvalue weighted by Gasteiger charge is 2.12. The van der Waals surface area contributed by atoms with Gasteiger partial charge >= 0.3 is 0 Å². The van der Waals surface area contributed by atoms with Gasteiger partial charge in [0.25, 0.3) is 0 Å². The third kappa shape index (κ3) is 6.90. The first-order valence-corrected chi connectivity index (χ1v) is 7.96. The van der Waals surface area contributed by atoms with Gasteiger partial charge in [0.15, 0.2) is 5.11 Å². The zero-order valence-corrected chi connectivity index (χ0v) is 14.0. The summed E-state index contributed by atoms with van der Waals surface area (Å²) in [6.45, 7) is 11.9. The summed E-state index contributed by atoms with van der Waals surface area (Å²) in [5.41, 5.74) is 1.35. The Hall–Kier alpha value is -1.09. The van der Waals surface area contributed by atoms with Gasteiger partial charge in [-0.2, -0.15) is 0 Å². The van der Waals surface area contributed by atoms with Crippen LogP contribution in [0, 0.1) is 11.8 Å². The Morgan fingerprint density at radius 1 is 1.05 bits per heavy atom. The molecule has 0 unspecified atom stereocenters. The first-order chi connectivity index (χ1) is 9.49. The fourth-order valence-electron chi connectivity index (χ4n) is 2.19. The van der Waals surface area contributed by atoms with Crippen molar-refractivity contribution >= 4 is 17.3 Å². The molecule has 0 atom stereocenters. The second kappa shape index (κ2) is 8.96. The van der Waals surface area contributed by atoms with Crippen molar-refractivity contribution in [2.45, 2.75) is 34.1 Å². The average Bonchev–Trinajstić information content (AvgIpc) is 2.38. The summed E-state index contributed by atoms with van der Waals surface area (Å²) in [7, 11) is 0. The summed E-state index contributed by atoms with van der Waals surface area (Å²) in [5, 5.41) is 4.29. The van der Waals surface area contributed by atoms with Gasteiger partial charge in [0.2, 0.25) is 0 Å². The summed E-state index contributed by atoms with van der Waals surface area (Å²) < 4.78 is 0. The lowest BCUT2D eigenvalue weighted by Crippen LogP contribution is -2.44. The molecule has 1 aromatic carbocycles. The Morgan fingerprint density at radius 2 is 1.60 bits per heavy atom. The van der Waals surface area contributed by atoms with Gasteiger partial charge in [-0.25, -0.2) is 0 Å². The maximum Gasteiger partial charge on any atom is 0.168 e. The second-order valence-electron chi connectivity index (χ2n) is 6.16. The smallest absolute Gasteiger partial charge is 0.168 e. The van der Waals surface area contributed by atoms with E-state index >= 15 is 0 Å². The van der Waals surface area contributed by atoms with Gasteiger partial charge in [-0.1, -0.05) is 58.0 Å². The molecule has 1 rings (SSSR count). The van der Waals surface area contributed by atoms with Crippen molar-refractivity contribution in [2.75, 3.05) is 19.6 Å². The van der Waals surface area contributed by atoms with E-state index in [1.807, 2.05) is 0 Å². The first kappa shape index (κ1) is 17.0. The van der Waals surface area contributed by atoms with Gasteiger partial charge in [0, 0.05) is 19.6 Å². The molecule has 20 heavy (non-hydrogen) atoms. The Morgan fingerprint density at radius 3 is 2.10 bits per heavy atom. The van der Waals surface area contributed by atoms with Crippen LogP contribution in [0.3, 0.4) is 0 Å². The van der Waals surface area contributed by atoms with Gasteiger partial charge in [-0.15, -0.1) is 0 Å². The number of benzene rings is 1. The van der Waals surface area contributed by atoms with Crippen molar-refractivity contribution in [1.82, 2.24) is 10.2 Å². The van der Waals surface area contributed by atoms with E-state index in [2.05, 4.69) is 68.2 Å². The summed E-state index contributed by atoms with van der Waals surface area (Å²) in [4.78, 5) is 2.30. The Bertz CT molecular complexity index is 377. The van der Waals surface area contributed by atoms with Crippen molar-refractivity contribution in [2.24, 2.45) is 11.8 Å². The monoisotopic (exact) mass is 292 g/mol. The predicted octanol–water partition coefficient (Wildman–Crippen LogP) is 3.72. The molecule has 0 aliphatic carbocycles. The molecule has 0 fully saturated rings. The molecule has 0 aliphatic rings. The lowest BCUT2D eigenvalue weighted by molar-refractivity contribution is 0.324. The van der Waals surface area contributed by atoms with Gasteiger partial charge in [0.05, 0.1) is 0 Å². The molecule has 0 heterocycles.